The fourth-order valence-electron chi connectivity index (χ4n) is 2.24. The normalized spacial score (nSPS) is 10.4. The van der Waals surface area contributed by atoms with Crippen molar-refractivity contribution >= 4 is 0 Å². The number of methoxy groups -OCH3 is 2. The molecule has 1 aromatic carbocycles. The average molecular weight is 286 g/mol. The Morgan fingerprint density at radius 1 is 1.10 bits per heavy atom. The van der Waals surface area contributed by atoms with E-state index in [1.54, 1.807) is 20.4 Å². The number of rotatable bonds is 7. The zero-order valence-corrected chi connectivity index (χ0v) is 12.8. The Kier molecular flexibility index (Phi) is 5.58. The summed E-state index contributed by atoms with van der Waals surface area (Å²) < 4.78 is 10.8. The first-order chi connectivity index (χ1) is 10.3. The largest absolute Gasteiger partial charge is 0.496 e. The molecule has 0 fully saturated rings. The third-order valence-corrected chi connectivity index (χ3v) is 3.29. The van der Waals surface area contributed by atoms with E-state index in [0.717, 1.165) is 47.8 Å². The number of benzene rings is 1. The van der Waals surface area contributed by atoms with Gasteiger partial charge < -0.3 is 14.8 Å². The van der Waals surface area contributed by atoms with Gasteiger partial charge in [0.1, 0.15) is 17.2 Å². The van der Waals surface area contributed by atoms with Crippen molar-refractivity contribution in [2.45, 2.75) is 19.9 Å². The Labute approximate surface area is 126 Å². The van der Waals surface area contributed by atoms with Gasteiger partial charge in [-0.15, -0.1) is 0 Å². The Balaban J connectivity index is 2.34. The molecular weight excluding hydrogens is 264 g/mol. The number of aromatic nitrogens is 1. The highest BCUT2D eigenvalue weighted by atomic mass is 16.5. The summed E-state index contributed by atoms with van der Waals surface area (Å²) in [4.78, 5) is 4.43. The molecule has 21 heavy (non-hydrogen) atoms. The molecule has 0 radical (unpaired) electrons. The third kappa shape index (κ3) is 3.73. The summed E-state index contributed by atoms with van der Waals surface area (Å²) in [6.45, 7) is 3.92. The predicted octanol–water partition coefficient (Wildman–Crippen LogP) is 3.27. The monoisotopic (exact) mass is 286 g/mol. The van der Waals surface area contributed by atoms with Crippen LogP contribution in [-0.2, 0) is 6.54 Å². The minimum absolute atomic E-state index is 0.773. The number of hydrogen-bond donors (Lipinski definition) is 1. The summed E-state index contributed by atoms with van der Waals surface area (Å²) in [5, 5.41) is 3.40. The third-order valence-electron chi connectivity index (χ3n) is 3.29. The van der Waals surface area contributed by atoms with E-state index >= 15 is 0 Å². The van der Waals surface area contributed by atoms with Gasteiger partial charge in [-0.05, 0) is 43.3 Å². The predicted molar refractivity (Wildman–Crippen MR) is 84.8 cm³/mol. The van der Waals surface area contributed by atoms with Gasteiger partial charge in [-0.1, -0.05) is 6.92 Å². The van der Waals surface area contributed by atoms with Gasteiger partial charge >= 0.3 is 0 Å². The van der Waals surface area contributed by atoms with Gasteiger partial charge in [0.25, 0.3) is 0 Å². The van der Waals surface area contributed by atoms with E-state index in [4.69, 9.17) is 9.47 Å². The molecular formula is C17H22N2O2. The molecule has 0 aliphatic rings. The quantitative estimate of drug-likeness (QED) is 0.793. The van der Waals surface area contributed by atoms with Crippen molar-refractivity contribution in [3.63, 3.8) is 0 Å². The van der Waals surface area contributed by atoms with Crippen molar-refractivity contribution in [1.29, 1.82) is 0 Å². The minimum Gasteiger partial charge on any atom is -0.496 e. The SMILES string of the molecule is CCCNCc1cc(-c2ncccc2OC)ccc1OC. The van der Waals surface area contributed by atoms with Crippen LogP contribution in [0.25, 0.3) is 11.3 Å². The molecule has 0 saturated carbocycles. The number of ether oxygens (including phenoxy) is 2. The van der Waals surface area contributed by atoms with Crippen LogP contribution in [-0.4, -0.2) is 25.7 Å². The van der Waals surface area contributed by atoms with Crippen molar-refractivity contribution in [3.05, 3.63) is 42.1 Å². The van der Waals surface area contributed by atoms with E-state index in [1.165, 1.54) is 0 Å². The van der Waals surface area contributed by atoms with Crippen LogP contribution < -0.4 is 14.8 Å². The second-order valence-electron chi connectivity index (χ2n) is 4.76. The molecule has 0 amide bonds. The number of hydrogen-bond acceptors (Lipinski definition) is 4. The van der Waals surface area contributed by atoms with Crippen LogP contribution in [0, 0.1) is 0 Å². The smallest absolute Gasteiger partial charge is 0.145 e. The van der Waals surface area contributed by atoms with Gasteiger partial charge in [-0.3, -0.25) is 4.98 Å². The zero-order chi connectivity index (χ0) is 15.1. The molecule has 4 heteroatoms. The summed E-state index contributed by atoms with van der Waals surface area (Å²) in [5.74, 6) is 1.66. The second kappa shape index (κ2) is 7.64. The lowest BCUT2D eigenvalue weighted by atomic mass is 10.1. The van der Waals surface area contributed by atoms with Crippen LogP contribution >= 0.6 is 0 Å². The summed E-state index contributed by atoms with van der Waals surface area (Å²) in [5.41, 5.74) is 3.00. The van der Waals surface area contributed by atoms with Crippen molar-refractivity contribution in [1.82, 2.24) is 10.3 Å². The van der Waals surface area contributed by atoms with Crippen LogP contribution in [0.15, 0.2) is 36.5 Å². The topological polar surface area (TPSA) is 43.4 Å². The van der Waals surface area contributed by atoms with E-state index in [0.29, 0.717) is 0 Å². The van der Waals surface area contributed by atoms with Crippen LogP contribution in [0.2, 0.25) is 0 Å². The van der Waals surface area contributed by atoms with Crippen molar-refractivity contribution in [2.24, 2.45) is 0 Å². The number of nitrogens with zero attached hydrogens (tertiary/aromatic N) is 1. The van der Waals surface area contributed by atoms with Gasteiger partial charge in [0.15, 0.2) is 0 Å². The maximum absolute atomic E-state index is 5.43. The average Bonchev–Trinajstić information content (AvgIpc) is 2.55. The molecule has 2 aromatic rings. The first kappa shape index (κ1) is 15.3. The van der Waals surface area contributed by atoms with Gasteiger partial charge in [-0.25, -0.2) is 0 Å². The fourth-order valence-corrected chi connectivity index (χ4v) is 2.24. The highest BCUT2D eigenvalue weighted by Crippen LogP contribution is 2.30. The Bertz CT molecular complexity index is 585. The highest BCUT2D eigenvalue weighted by molar-refractivity contribution is 5.68. The van der Waals surface area contributed by atoms with Crippen LogP contribution in [0.3, 0.4) is 0 Å². The molecule has 0 spiro atoms. The second-order valence-corrected chi connectivity index (χ2v) is 4.76. The van der Waals surface area contributed by atoms with E-state index in [2.05, 4.69) is 23.3 Å². The first-order valence-corrected chi connectivity index (χ1v) is 7.17. The molecule has 1 heterocycles. The Hall–Kier alpha value is -2.07. The van der Waals surface area contributed by atoms with Gasteiger partial charge in [0, 0.05) is 23.9 Å². The van der Waals surface area contributed by atoms with Crippen LogP contribution in [0.4, 0.5) is 0 Å². The number of nitrogens with one attached hydrogen (secondary N) is 1. The Morgan fingerprint density at radius 2 is 1.90 bits per heavy atom. The summed E-state index contributed by atoms with van der Waals surface area (Å²) in [6, 6.07) is 9.88. The van der Waals surface area contributed by atoms with E-state index < -0.39 is 0 Å². The maximum atomic E-state index is 5.43. The van der Waals surface area contributed by atoms with Crippen LogP contribution in [0.1, 0.15) is 18.9 Å². The lowest BCUT2D eigenvalue weighted by molar-refractivity contribution is 0.407. The molecule has 0 unspecified atom stereocenters. The van der Waals surface area contributed by atoms with Crippen molar-refractivity contribution in [2.75, 3.05) is 20.8 Å². The van der Waals surface area contributed by atoms with Gasteiger partial charge in [0.05, 0.1) is 14.2 Å². The summed E-state index contributed by atoms with van der Waals surface area (Å²) >= 11 is 0. The molecule has 0 aliphatic carbocycles. The molecule has 1 aromatic heterocycles. The van der Waals surface area contributed by atoms with Crippen LogP contribution in [0.5, 0.6) is 11.5 Å². The van der Waals surface area contributed by atoms with Crippen molar-refractivity contribution in [3.8, 4) is 22.8 Å². The number of pyridine rings is 1. The van der Waals surface area contributed by atoms with E-state index in [1.807, 2.05) is 24.3 Å². The molecule has 0 aliphatic heterocycles. The summed E-state index contributed by atoms with van der Waals surface area (Å²) in [7, 11) is 3.35. The first-order valence-electron chi connectivity index (χ1n) is 7.17. The molecule has 2 rings (SSSR count). The lowest BCUT2D eigenvalue weighted by Crippen LogP contribution is -2.14. The molecule has 112 valence electrons. The molecule has 1 N–H and O–H groups in total. The minimum atomic E-state index is 0.773. The molecule has 4 nitrogen and oxygen atoms in total. The molecule has 0 atom stereocenters. The maximum Gasteiger partial charge on any atom is 0.145 e. The summed E-state index contributed by atoms with van der Waals surface area (Å²) in [6.07, 6.45) is 2.88. The fraction of sp³-hybridized carbons (Fsp3) is 0.353. The van der Waals surface area contributed by atoms with Gasteiger partial charge in [0.2, 0.25) is 0 Å². The van der Waals surface area contributed by atoms with Gasteiger partial charge in [-0.2, -0.15) is 0 Å². The standard InChI is InChI=1S/C17H22N2O2/c1-4-9-18-12-14-11-13(7-8-15(14)20-2)17-16(21-3)6-5-10-19-17/h5-8,10-11,18H,4,9,12H2,1-3H3. The van der Waals surface area contributed by atoms with Crippen molar-refractivity contribution < 1.29 is 9.47 Å². The highest BCUT2D eigenvalue weighted by Gasteiger charge is 2.10. The van der Waals surface area contributed by atoms with E-state index in [9.17, 15) is 0 Å². The molecule has 0 saturated heterocycles. The zero-order valence-electron chi connectivity index (χ0n) is 12.8. The lowest BCUT2D eigenvalue weighted by Gasteiger charge is -2.13. The Morgan fingerprint density at radius 3 is 2.62 bits per heavy atom. The van der Waals surface area contributed by atoms with E-state index in [-0.39, 0.29) is 0 Å². The molecule has 0 bridgehead atoms.